The Kier molecular flexibility index (Phi) is 4.11. The number of carbonyl (C=O) groups is 1. The summed E-state index contributed by atoms with van der Waals surface area (Å²) in [5.41, 5.74) is 0. The monoisotopic (exact) mass is 310 g/mol. The van der Waals surface area contributed by atoms with Crippen LogP contribution in [0.25, 0.3) is 0 Å². The van der Waals surface area contributed by atoms with Gasteiger partial charge < -0.3 is 14.5 Å². The maximum atomic E-state index is 13.0. The first-order chi connectivity index (χ1) is 10.7. The van der Waals surface area contributed by atoms with E-state index in [0.717, 1.165) is 38.6 Å². The van der Waals surface area contributed by atoms with Crippen molar-refractivity contribution in [2.75, 3.05) is 39.3 Å². The number of alkyl halides is 1. The van der Waals surface area contributed by atoms with Gasteiger partial charge in [-0.3, -0.25) is 4.79 Å². The van der Waals surface area contributed by atoms with Crippen LogP contribution in [-0.2, 0) is 9.53 Å². The van der Waals surface area contributed by atoms with E-state index >= 15 is 0 Å². The number of hydrogen-bond donors (Lipinski definition) is 0. The smallest absolute Gasteiger partial charge is 0.225 e. The summed E-state index contributed by atoms with van der Waals surface area (Å²) in [6.45, 7) is 5.71. The number of piperidine rings is 1. The molecule has 2 saturated heterocycles. The standard InChI is InChI=1S/C17H27FN2O2/c18-15-7-14(8-15)17(21)20-4-3-13-10-19(9-12-1-2-12)5-6-22-16(13)11-20/h12-16H,1-11H2/t13-,14?,15?,16-/m1/s1. The summed E-state index contributed by atoms with van der Waals surface area (Å²) in [4.78, 5) is 16.9. The minimum absolute atomic E-state index is 0.0660. The van der Waals surface area contributed by atoms with Gasteiger partial charge in [0.25, 0.3) is 0 Å². The molecule has 124 valence electrons. The summed E-state index contributed by atoms with van der Waals surface area (Å²) in [7, 11) is 0. The zero-order valence-corrected chi connectivity index (χ0v) is 13.3. The fourth-order valence-electron chi connectivity index (χ4n) is 4.16. The Morgan fingerprint density at radius 1 is 1.14 bits per heavy atom. The topological polar surface area (TPSA) is 32.8 Å². The van der Waals surface area contributed by atoms with Crippen molar-refractivity contribution < 1.29 is 13.9 Å². The average molecular weight is 310 g/mol. The van der Waals surface area contributed by atoms with Crippen LogP contribution in [0.1, 0.15) is 32.1 Å². The molecule has 0 radical (unpaired) electrons. The van der Waals surface area contributed by atoms with Crippen LogP contribution in [0.15, 0.2) is 0 Å². The summed E-state index contributed by atoms with van der Waals surface area (Å²) in [6.07, 6.45) is 4.11. The van der Waals surface area contributed by atoms with E-state index < -0.39 is 6.17 Å². The van der Waals surface area contributed by atoms with Crippen LogP contribution in [-0.4, -0.2) is 67.3 Å². The quantitative estimate of drug-likeness (QED) is 0.795. The normalized spacial score (nSPS) is 39.8. The molecular weight excluding hydrogens is 283 g/mol. The molecule has 2 aliphatic carbocycles. The van der Waals surface area contributed by atoms with Crippen LogP contribution in [0.2, 0.25) is 0 Å². The Labute approximate surface area is 132 Å². The first-order valence-electron chi connectivity index (χ1n) is 8.96. The lowest BCUT2D eigenvalue weighted by molar-refractivity contribution is -0.146. The number of fused-ring (bicyclic) bond motifs is 1. The van der Waals surface area contributed by atoms with Crippen molar-refractivity contribution in [2.24, 2.45) is 17.8 Å². The van der Waals surface area contributed by atoms with E-state index in [0.29, 0.717) is 25.3 Å². The van der Waals surface area contributed by atoms with Gasteiger partial charge in [0.2, 0.25) is 5.91 Å². The molecule has 0 aromatic rings. The molecule has 5 heteroatoms. The fourth-order valence-corrected chi connectivity index (χ4v) is 4.16. The van der Waals surface area contributed by atoms with Gasteiger partial charge in [0.1, 0.15) is 6.17 Å². The molecule has 4 nitrogen and oxygen atoms in total. The Morgan fingerprint density at radius 3 is 2.68 bits per heavy atom. The second kappa shape index (κ2) is 6.08. The third-order valence-corrected chi connectivity index (χ3v) is 5.88. The Bertz CT molecular complexity index is 423. The number of halogens is 1. The van der Waals surface area contributed by atoms with Crippen molar-refractivity contribution in [1.82, 2.24) is 9.80 Å². The molecule has 4 aliphatic rings. The minimum atomic E-state index is -0.753. The van der Waals surface area contributed by atoms with Crippen molar-refractivity contribution in [1.29, 1.82) is 0 Å². The predicted molar refractivity (Wildman–Crippen MR) is 81.2 cm³/mol. The summed E-state index contributed by atoms with van der Waals surface area (Å²) in [5.74, 6) is 1.57. The van der Waals surface area contributed by atoms with Gasteiger partial charge in [-0.1, -0.05) is 0 Å². The molecule has 0 N–H and O–H groups in total. The summed E-state index contributed by atoms with van der Waals surface area (Å²) < 4.78 is 19.0. The molecule has 2 atom stereocenters. The number of ether oxygens (including phenoxy) is 1. The van der Waals surface area contributed by atoms with Crippen molar-refractivity contribution >= 4 is 5.91 Å². The van der Waals surface area contributed by atoms with E-state index in [9.17, 15) is 9.18 Å². The largest absolute Gasteiger partial charge is 0.375 e. The van der Waals surface area contributed by atoms with E-state index in [1.54, 1.807) is 0 Å². The number of nitrogens with zero attached hydrogens (tertiary/aromatic N) is 2. The highest BCUT2D eigenvalue weighted by molar-refractivity contribution is 5.80. The summed E-state index contributed by atoms with van der Waals surface area (Å²) in [5, 5.41) is 0. The van der Waals surface area contributed by atoms with Gasteiger partial charge in [-0.05, 0) is 38.0 Å². The van der Waals surface area contributed by atoms with Gasteiger partial charge >= 0.3 is 0 Å². The molecule has 0 aromatic carbocycles. The van der Waals surface area contributed by atoms with Gasteiger partial charge in [-0.25, -0.2) is 4.39 Å². The third-order valence-electron chi connectivity index (χ3n) is 5.88. The van der Waals surface area contributed by atoms with Crippen molar-refractivity contribution in [3.63, 3.8) is 0 Å². The second-order valence-corrected chi connectivity index (χ2v) is 7.71. The van der Waals surface area contributed by atoms with E-state index in [4.69, 9.17) is 4.74 Å². The highest BCUT2D eigenvalue weighted by atomic mass is 19.1. The van der Waals surface area contributed by atoms with E-state index in [2.05, 4.69) is 4.90 Å². The lowest BCUT2D eigenvalue weighted by Crippen LogP contribution is -2.52. The molecule has 0 unspecified atom stereocenters. The number of rotatable bonds is 3. The van der Waals surface area contributed by atoms with Crippen LogP contribution < -0.4 is 0 Å². The average Bonchev–Trinajstić information content (AvgIpc) is 3.29. The Hall–Kier alpha value is -0.680. The zero-order chi connectivity index (χ0) is 15.1. The van der Waals surface area contributed by atoms with E-state index in [-0.39, 0.29) is 17.9 Å². The van der Waals surface area contributed by atoms with Crippen molar-refractivity contribution in [3.05, 3.63) is 0 Å². The Balaban J connectivity index is 1.32. The third kappa shape index (κ3) is 3.16. The molecule has 2 heterocycles. The zero-order valence-electron chi connectivity index (χ0n) is 13.3. The second-order valence-electron chi connectivity index (χ2n) is 7.71. The number of amides is 1. The first kappa shape index (κ1) is 14.9. The van der Waals surface area contributed by atoms with Crippen LogP contribution >= 0.6 is 0 Å². The van der Waals surface area contributed by atoms with Gasteiger partial charge in [0, 0.05) is 44.6 Å². The molecule has 1 amide bonds. The maximum absolute atomic E-state index is 13.0. The van der Waals surface area contributed by atoms with Crippen molar-refractivity contribution in [3.8, 4) is 0 Å². The molecule has 2 aliphatic heterocycles. The summed E-state index contributed by atoms with van der Waals surface area (Å²) in [6, 6.07) is 0. The molecule has 0 aromatic heterocycles. The molecule has 4 rings (SSSR count). The minimum Gasteiger partial charge on any atom is -0.375 e. The van der Waals surface area contributed by atoms with Crippen LogP contribution in [0.4, 0.5) is 4.39 Å². The van der Waals surface area contributed by atoms with Crippen LogP contribution in [0, 0.1) is 17.8 Å². The number of hydrogen-bond acceptors (Lipinski definition) is 3. The molecule has 0 spiro atoms. The summed E-state index contributed by atoms with van der Waals surface area (Å²) >= 11 is 0. The van der Waals surface area contributed by atoms with Gasteiger partial charge in [-0.15, -0.1) is 0 Å². The lowest BCUT2D eigenvalue weighted by atomic mass is 9.81. The first-order valence-corrected chi connectivity index (χ1v) is 8.96. The fraction of sp³-hybridized carbons (Fsp3) is 0.941. The SMILES string of the molecule is O=C(C1CC(F)C1)N1CC[C@@H]2CN(CC3CC3)CCO[C@@H]2C1. The van der Waals surface area contributed by atoms with Gasteiger partial charge in [-0.2, -0.15) is 0 Å². The van der Waals surface area contributed by atoms with Crippen LogP contribution in [0.3, 0.4) is 0 Å². The molecule has 2 saturated carbocycles. The highest BCUT2D eigenvalue weighted by Crippen LogP contribution is 2.34. The predicted octanol–water partition coefficient (Wildman–Crippen LogP) is 1.69. The highest BCUT2D eigenvalue weighted by Gasteiger charge is 2.41. The number of carbonyl (C=O) groups excluding carboxylic acids is 1. The van der Waals surface area contributed by atoms with E-state index in [1.807, 2.05) is 4.90 Å². The van der Waals surface area contributed by atoms with Crippen molar-refractivity contribution in [2.45, 2.75) is 44.4 Å². The molecule has 22 heavy (non-hydrogen) atoms. The molecular formula is C17H27FN2O2. The molecule has 4 fully saturated rings. The Morgan fingerprint density at radius 2 is 1.95 bits per heavy atom. The van der Waals surface area contributed by atoms with Gasteiger partial charge in [0.05, 0.1) is 12.7 Å². The van der Waals surface area contributed by atoms with Gasteiger partial charge in [0.15, 0.2) is 0 Å². The number of likely N-dealkylation sites (tertiary alicyclic amines) is 1. The molecule has 0 bridgehead atoms. The van der Waals surface area contributed by atoms with E-state index in [1.165, 1.54) is 19.4 Å². The lowest BCUT2D eigenvalue weighted by Gasteiger charge is -2.41. The maximum Gasteiger partial charge on any atom is 0.225 e. The van der Waals surface area contributed by atoms with Crippen LogP contribution in [0.5, 0.6) is 0 Å².